The van der Waals surface area contributed by atoms with Gasteiger partial charge in [-0.05, 0) is 74.5 Å². The fraction of sp³-hybridized carbons (Fsp3) is 0.500. The van der Waals surface area contributed by atoms with E-state index in [-0.39, 0.29) is 37.8 Å². The third kappa shape index (κ3) is 8.45. The van der Waals surface area contributed by atoms with Gasteiger partial charge in [0.2, 0.25) is 5.90 Å². The molecule has 1 aliphatic rings. The van der Waals surface area contributed by atoms with Gasteiger partial charge >= 0.3 is 5.97 Å². The van der Waals surface area contributed by atoms with Gasteiger partial charge in [-0.25, -0.2) is 4.99 Å². The Morgan fingerprint density at radius 1 is 1.20 bits per heavy atom. The first kappa shape index (κ1) is 31.4. The lowest BCUT2D eigenvalue weighted by Gasteiger charge is -2.31. The largest absolute Gasteiger partial charge is 0.494 e. The van der Waals surface area contributed by atoms with Crippen LogP contribution in [-0.4, -0.2) is 53.8 Å². The van der Waals surface area contributed by atoms with Crippen LogP contribution in [0.15, 0.2) is 58.6 Å². The van der Waals surface area contributed by atoms with Gasteiger partial charge in [0.25, 0.3) is 5.91 Å². The molecule has 0 bridgehead atoms. The molecule has 0 unspecified atom stereocenters. The summed E-state index contributed by atoms with van der Waals surface area (Å²) in [4.78, 5) is 34.5. The monoisotopic (exact) mass is 565 g/mol. The molecule has 2 aromatic rings. The van der Waals surface area contributed by atoms with Crippen LogP contribution in [0, 0.1) is 0 Å². The van der Waals surface area contributed by atoms with Gasteiger partial charge < -0.3 is 24.6 Å². The number of aliphatic imine (C=N–C) groups is 1. The number of hydrogen-bond donors (Lipinski definition) is 2. The highest BCUT2D eigenvalue weighted by molar-refractivity contribution is 6.01. The first-order valence-corrected chi connectivity index (χ1v) is 13.8. The van der Waals surface area contributed by atoms with Crippen molar-refractivity contribution in [3.05, 3.63) is 75.7 Å². The predicted molar refractivity (Wildman–Crippen MR) is 154 cm³/mol. The summed E-state index contributed by atoms with van der Waals surface area (Å²) >= 11 is 0. The van der Waals surface area contributed by atoms with Gasteiger partial charge in [-0.2, -0.15) is 0 Å². The Morgan fingerprint density at radius 2 is 1.93 bits per heavy atom. The molecule has 1 amide bonds. The van der Waals surface area contributed by atoms with Crippen LogP contribution in [0.2, 0.25) is 0 Å². The third-order valence-electron chi connectivity index (χ3n) is 6.34. The number of esters is 1. The van der Waals surface area contributed by atoms with E-state index in [1.165, 1.54) is 0 Å². The quantitative estimate of drug-likeness (QED) is 0.106. The maximum absolute atomic E-state index is 13.9. The molecule has 0 fully saturated rings. The topological polar surface area (TPSA) is 155 Å². The first-order chi connectivity index (χ1) is 19.6. The van der Waals surface area contributed by atoms with E-state index in [4.69, 9.17) is 29.8 Å². The van der Waals surface area contributed by atoms with Gasteiger partial charge in [0.05, 0.1) is 13.2 Å². The predicted octanol–water partition coefficient (Wildman–Crippen LogP) is 5.16. The number of benzene rings is 2. The standard InChI is InChI=1S/C30H39N5O6/c1-5-17-32-28(38)30(16-15-25(37)41-29(2,3)4)26(24-10-7-6-9-22(24)20-33-35-31)40-27(34-30)21-11-13-23(14-12-21)39-19-8-18-36/h6-7,9-14,26,36H,5,8,15-20H2,1-4H3,(H,32,38)/t26-,30-/m1/s1. The molecule has 11 nitrogen and oxygen atoms in total. The summed E-state index contributed by atoms with van der Waals surface area (Å²) in [5.74, 6) is 0.0417. The van der Waals surface area contributed by atoms with Gasteiger partial charge in [0, 0.05) is 36.5 Å². The lowest BCUT2D eigenvalue weighted by atomic mass is 9.81. The van der Waals surface area contributed by atoms with E-state index < -0.39 is 23.2 Å². The minimum Gasteiger partial charge on any atom is -0.494 e. The molecule has 0 aromatic heterocycles. The zero-order chi connectivity index (χ0) is 29.9. The van der Waals surface area contributed by atoms with E-state index in [9.17, 15) is 9.59 Å². The minimum absolute atomic E-state index is 0.0316. The van der Waals surface area contributed by atoms with E-state index in [2.05, 4.69) is 15.3 Å². The molecule has 220 valence electrons. The molecular formula is C30H39N5O6. The summed E-state index contributed by atoms with van der Waals surface area (Å²) in [7, 11) is 0. The highest BCUT2D eigenvalue weighted by Crippen LogP contribution is 2.44. The normalized spacial score (nSPS) is 18.1. The van der Waals surface area contributed by atoms with Crippen LogP contribution in [0.1, 0.15) is 76.2 Å². The van der Waals surface area contributed by atoms with Crippen molar-refractivity contribution < 1.29 is 28.9 Å². The number of aliphatic hydroxyl groups is 1. The molecule has 0 saturated heterocycles. The zero-order valence-electron chi connectivity index (χ0n) is 24.1. The molecule has 41 heavy (non-hydrogen) atoms. The summed E-state index contributed by atoms with van der Waals surface area (Å²) in [6.45, 7) is 8.20. The van der Waals surface area contributed by atoms with Crippen molar-refractivity contribution in [2.75, 3.05) is 19.8 Å². The highest BCUT2D eigenvalue weighted by Gasteiger charge is 2.53. The van der Waals surface area contributed by atoms with Crippen molar-refractivity contribution in [1.29, 1.82) is 0 Å². The Bertz CT molecular complexity index is 1270. The lowest BCUT2D eigenvalue weighted by molar-refractivity contribution is -0.155. The average molecular weight is 566 g/mol. The third-order valence-corrected chi connectivity index (χ3v) is 6.34. The first-order valence-electron chi connectivity index (χ1n) is 13.8. The molecule has 2 atom stereocenters. The molecule has 0 radical (unpaired) electrons. The number of rotatable bonds is 14. The maximum atomic E-state index is 13.9. The van der Waals surface area contributed by atoms with Crippen molar-refractivity contribution in [3.8, 4) is 5.75 Å². The summed E-state index contributed by atoms with van der Waals surface area (Å²) in [5, 5.41) is 15.7. The molecule has 2 N–H and O–H groups in total. The van der Waals surface area contributed by atoms with E-state index in [1.54, 1.807) is 45.0 Å². The number of nitrogens with one attached hydrogen (secondary N) is 1. The van der Waals surface area contributed by atoms with E-state index in [0.29, 0.717) is 48.4 Å². The fourth-order valence-corrected chi connectivity index (χ4v) is 4.47. The van der Waals surface area contributed by atoms with Crippen LogP contribution >= 0.6 is 0 Å². The van der Waals surface area contributed by atoms with Crippen molar-refractivity contribution in [2.24, 2.45) is 10.1 Å². The lowest BCUT2D eigenvalue weighted by Crippen LogP contribution is -2.49. The second-order valence-corrected chi connectivity index (χ2v) is 10.7. The number of carbonyl (C=O) groups excluding carboxylic acids is 2. The summed E-state index contributed by atoms with van der Waals surface area (Å²) < 4.78 is 17.7. The van der Waals surface area contributed by atoms with Crippen LogP contribution in [0.25, 0.3) is 10.4 Å². The number of carbonyl (C=O) groups is 2. The molecular weight excluding hydrogens is 526 g/mol. The number of nitrogens with zero attached hydrogens (tertiary/aromatic N) is 4. The second-order valence-electron chi connectivity index (χ2n) is 10.7. The molecule has 1 heterocycles. The van der Waals surface area contributed by atoms with Crippen molar-refractivity contribution >= 4 is 17.8 Å². The van der Waals surface area contributed by atoms with Crippen molar-refractivity contribution in [1.82, 2.24) is 5.32 Å². The smallest absolute Gasteiger partial charge is 0.306 e. The summed E-state index contributed by atoms with van der Waals surface area (Å²) in [5.41, 5.74) is 8.73. The number of aliphatic hydroxyl groups excluding tert-OH is 1. The molecule has 0 saturated carbocycles. The zero-order valence-corrected chi connectivity index (χ0v) is 24.1. The molecule has 1 aliphatic heterocycles. The Labute approximate surface area is 240 Å². The Hall–Kier alpha value is -4.08. The SMILES string of the molecule is CCCNC(=O)[C@]1(CCC(=O)OC(C)(C)C)N=C(c2ccc(OCCCO)cc2)O[C@@H]1c1ccccc1CN=[N+]=[N-]. The van der Waals surface area contributed by atoms with Gasteiger partial charge in [0.15, 0.2) is 11.6 Å². The molecule has 0 aliphatic carbocycles. The fourth-order valence-electron chi connectivity index (χ4n) is 4.47. The Balaban J connectivity index is 2.08. The maximum Gasteiger partial charge on any atom is 0.306 e. The van der Waals surface area contributed by atoms with Crippen LogP contribution < -0.4 is 10.1 Å². The van der Waals surface area contributed by atoms with Crippen LogP contribution in [0.4, 0.5) is 0 Å². The van der Waals surface area contributed by atoms with Crippen molar-refractivity contribution in [2.45, 2.75) is 77.2 Å². The number of hydrogen-bond acceptors (Lipinski definition) is 8. The van der Waals surface area contributed by atoms with E-state index in [1.807, 2.05) is 31.2 Å². The number of amides is 1. The summed E-state index contributed by atoms with van der Waals surface area (Å²) in [6, 6.07) is 14.4. The highest BCUT2D eigenvalue weighted by atomic mass is 16.6. The second kappa shape index (κ2) is 14.5. The Kier molecular flexibility index (Phi) is 11.1. The molecule has 0 spiro atoms. The number of azide groups is 1. The van der Waals surface area contributed by atoms with E-state index >= 15 is 0 Å². The van der Waals surface area contributed by atoms with Crippen LogP contribution in [-0.2, 0) is 25.6 Å². The van der Waals surface area contributed by atoms with Gasteiger partial charge in [0.1, 0.15) is 11.4 Å². The van der Waals surface area contributed by atoms with Crippen LogP contribution in [0.3, 0.4) is 0 Å². The van der Waals surface area contributed by atoms with Crippen molar-refractivity contribution in [3.63, 3.8) is 0 Å². The molecule has 2 aromatic carbocycles. The molecule has 3 rings (SSSR count). The summed E-state index contributed by atoms with van der Waals surface area (Å²) in [6.07, 6.45) is 0.290. The van der Waals surface area contributed by atoms with Gasteiger partial charge in [-0.1, -0.05) is 36.3 Å². The van der Waals surface area contributed by atoms with Gasteiger partial charge in [-0.3, -0.25) is 9.59 Å². The number of ether oxygens (including phenoxy) is 3. The van der Waals surface area contributed by atoms with Crippen LogP contribution in [0.5, 0.6) is 5.75 Å². The average Bonchev–Trinajstić information content (AvgIpc) is 3.34. The minimum atomic E-state index is -1.50. The Morgan fingerprint density at radius 3 is 2.59 bits per heavy atom. The molecule has 11 heteroatoms. The van der Waals surface area contributed by atoms with E-state index in [0.717, 1.165) is 0 Å². The van der Waals surface area contributed by atoms with Gasteiger partial charge in [-0.15, -0.1) is 0 Å².